The van der Waals surface area contributed by atoms with Gasteiger partial charge in [0.2, 0.25) is 0 Å². The summed E-state index contributed by atoms with van der Waals surface area (Å²) in [4.78, 5) is 23.7. The maximum atomic E-state index is 12.4. The predicted molar refractivity (Wildman–Crippen MR) is 87.6 cm³/mol. The summed E-state index contributed by atoms with van der Waals surface area (Å²) in [6.45, 7) is 0.558. The molecule has 3 rings (SSSR count). The van der Waals surface area contributed by atoms with Crippen molar-refractivity contribution < 1.29 is 24.5 Å². The van der Waals surface area contributed by atoms with Crippen molar-refractivity contribution >= 4 is 23.3 Å². The summed E-state index contributed by atoms with van der Waals surface area (Å²) < 4.78 is 5.36. The van der Waals surface area contributed by atoms with E-state index in [0.29, 0.717) is 18.1 Å². The fourth-order valence-corrected chi connectivity index (χ4v) is 2.52. The molecule has 1 aromatic carbocycles. The molecule has 0 bridgehead atoms. The second kappa shape index (κ2) is 6.92. The van der Waals surface area contributed by atoms with Crippen LogP contribution in [0.5, 0.6) is 0 Å². The van der Waals surface area contributed by atoms with Gasteiger partial charge in [-0.15, -0.1) is 0 Å². The number of fused-ring (bicyclic) bond motifs is 1. The van der Waals surface area contributed by atoms with E-state index in [2.05, 4.69) is 10.6 Å². The number of aliphatic hydroxyl groups excluding tert-OH is 1. The van der Waals surface area contributed by atoms with Gasteiger partial charge in [0.15, 0.2) is 6.04 Å². The third-order valence-electron chi connectivity index (χ3n) is 4.14. The van der Waals surface area contributed by atoms with Crippen LogP contribution in [0.1, 0.15) is 18.4 Å². The summed E-state index contributed by atoms with van der Waals surface area (Å²) in [6.07, 6.45) is 2.21. The summed E-state index contributed by atoms with van der Waals surface area (Å²) in [5, 5.41) is 25.0. The molecule has 7 nitrogen and oxygen atoms in total. The van der Waals surface area contributed by atoms with Crippen LogP contribution < -0.4 is 10.6 Å². The van der Waals surface area contributed by atoms with Crippen molar-refractivity contribution in [2.75, 3.05) is 25.1 Å². The van der Waals surface area contributed by atoms with Crippen LogP contribution in [0.15, 0.2) is 29.8 Å². The molecule has 1 fully saturated rings. The quantitative estimate of drug-likeness (QED) is 0.601. The first kappa shape index (κ1) is 16.3. The Balaban J connectivity index is 1.67. The van der Waals surface area contributed by atoms with E-state index in [4.69, 9.17) is 4.74 Å². The first-order chi connectivity index (χ1) is 11.6. The van der Waals surface area contributed by atoms with E-state index in [0.717, 1.165) is 18.5 Å². The highest BCUT2D eigenvalue weighted by atomic mass is 16.5. The molecule has 1 aliphatic heterocycles. The second-order valence-corrected chi connectivity index (χ2v) is 6.07. The molecule has 4 N–H and O–H groups in total. The first-order valence-electron chi connectivity index (χ1n) is 7.93. The highest BCUT2D eigenvalue weighted by molar-refractivity contribution is 6.04. The average Bonchev–Trinajstić information content (AvgIpc) is 3.38. The zero-order valence-corrected chi connectivity index (χ0v) is 13.1. The number of carboxylic acid groups (broad SMARTS) is 1. The fraction of sp³-hybridized carbons (Fsp3) is 0.412. The summed E-state index contributed by atoms with van der Waals surface area (Å²) in [7, 11) is 0. The molecule has 128 valence electrons. The van der Waals surface area contributed by atoms with Crippen LogP contribution in [-0.2, 0) is 14.3 Å². The lowest BCUT2D eigenvalue weighted by atomic mass is 10.0. The second-order valence-electron chi connectivity index (χ2n) is 6.07. The molecule has 2 aliphatic rings. The maximum absolute atomic E-state index is 12.4. The first-order valence-corrected chi connectivity index (χ1v) is 7.93. The van der Waals surface area contributed by atoms with Crippen molar-refractivity contribution in [2.45, 2.75) is 18.9 Å². The number of hydrogen-bond donors (Lipinski definition) is 4. The molecule has 7 heteroatoms. The minimum atomic E-state index is -1.16. The lowest BCUT2D eigenvalue weighted by Gasteiger charge is -2.22. The van der Waals surface area contributed by atoms with Crippen molar-refractivity contribution in [1.29, 1.82) is 0 Å². The van der Waals surface area contributed by atoms with E-state index in [1.165, 1.54) is 0 Å². The fourth-order valence-electron chi connectivity index (χ4n) is 2.52. The number of hydrogen-bond acceptors (Lipinski definition) is 5. The van der Waals surface area contributed by atoms with Gasteiger partial charge >= 0.3 is 5.97 Å². The highest BCUT2D eigenvalue weighted by Crippen LogP contribution is 2.29. The van der Waals surface area contributed by atoms with Crippen LogP contribution in [0.3, 0.4) is 0 Å². The SMILES string of the molecule is O=C(NC(COCC1CC1)C(=O)O)C1=C(O)c2ccccc2NC1. The van der Waals surface area contributed by atoms with Gasteiger partial charge in [0, 0.05) is 24.4 Å². The number of amides is 1. The van der Waals surface area contributed by atoms with E-state index in [1.54, 1.807) is 18.2 Å². The number of carbonyl (C=O) groups is 2. The van der Waals surface area contributed by atoms with E-state index >= 15 is 0 Å². The van der Waals surface area contributed by atoms with Crippen LogP contribution in [0.2, 0.25) is 0 Å². The molecule has 0 aromatic heterocycles. The number of anilines is 1. The molecule has 0 radical (unpaired) electrons. The zero-order valence-electron chi connectivity index (χ0n) is 13.1. The standard InChI is InChI=1S/C17H20N2O5/c20-15-11-3-1-2-4-13(11)18-7-12(15)16(21)19-14(17(22)23)9-24-8-10-5-6-10/h1-4,10,14,18,20H,5-9H2,(H,19,21)(H,22,23). The average molecular weight is 332 g/mol. The topological polar surface area (TPSA) is 108 Å². The lowest BCUT2D eigenvalue weighted by molar-refractivity contribution is -0.143. The number of ether oxygens (including phenoxy) is 1. The van der Waals surface area contributed by atoms with Crippen molar-refractivity contribution in [1.82, 2.24) is 5.32 Å². The van der Waals surface area contributed by atoms with Gasteiger partial charge in [0.1, 0.15) is 5.76 Å². The van der Waals surface area contributed by atoms with Crippen LogP contribution in [-0.4, -0.2) is 47.9 Å². The van der Waals surface area contributed by atoms with Crippen molar-refractivity contribution in [2.24, 2.45) is 5.92 Å². The third-order valence-corrected chi connectivity index (χ3v) is 4.14. The molecule has 1 aliphatic carbocycles. The monoisotopic (exact) mass is 332 g/mol. The van der Waals surface area contributed by atoms with E-state index in [-0.39, 0.29) is 24.5 Å². The van der Waals surface area contributed by atoms with Crippen LogP contribution in [0, 0.1) is 5.92 Å². The molecule has 1 heterocycles. The predicted octanol–water partition coefficient (Wildman–Crippen LogP) is 1.38. The maximum Gasteiger partial charge on any atom is 0.328 e. The van der Waals surface area contributed by atoms with Gasteiger partial charge in [0.05, 0.1) is 12.2 Å². The minimum absolute atomic E-state index is 0.0877. The van der Waals surface area contributed by atoms with Crippen molar-refractivity contribution in [3.8, 4) is 0 Å². The van der Waals surface area contributed by atoms with Gasteiger partial charge < -0.3 is 25.6 Å². The Morgan fingerprint density at radius 1 is 1.33 bits per heavy atom. The minimum Gasteiger partial charge on any atom is -0.507 e. The lowest BCUT2D eigenvalue weighted by Crippen LogP contribution is -2.45. The Morgan fingerprint density at radius 2 is 2.08 bits per heavy atom. The Hall–Kier alpha value is -2.54. The van der Waals surface area contributed by atoms with E-state index in [1.807, 2.05) is 6.07 Å². The molecule has 0 saturated heterocycles. The van der Waals surface area contributed by atoms with Crippen molar-refractivity contribution in [3.05, 3.63) is 35.4 Å². The molecule has 1 saturated carbocycles. The Morgan fingerprint density at radius 3 is 2.79 bits per heavy atom. The summed E-state index contributed by atoms with van der Waals surface area (Å²) in [6, 6.07) is 5.92. The number of carboxylic acids is 1. The Labute approximate surface area is 139 Å². The van der Waals surface area contributed by atoms with Crippen molar-refractivity contribution in [3.63, 3.8) is 0 Å². The van der Waals surface area contributed by atoms with Gasteiger partial charge in [-0.2, -0.15) is 0 Å². The molecule has 1 aromatic rings. The van der Waals surface area contributed by atoms with Gasteiger partial charge in [0.25, 0.3) is 5.91 Å². The van der Waals surface area contributed by atoms with Gasteiger partial charge in [-0.1, -0.05) is 12.1 Å². The molecule has 1 amide bonds. The van der Waals surface area contributed by atoms with E-state index < -0.39 is 17.9 Å². The third kappa shape index (κ3) is 3.68. The number of carbonyl (C=O) groups excluding carboxylic acids is 1. The largest absolute Gasteiger partial charge is 0.507 e. The summed E-state index contributed by atoms with van der Waals surface area (Å²) in [5.41, 5.74) is 1.36. The smallest absolute Gasteiger partial charge is 0.328 e. The molecular weight excluding hydrogens is 312 g/mol. The number of aliphatic carboxylic acids is 1. The zero-order chi connectivity index (χ0) is 17.1. The number of benzene rings is 1. The Bertz CT molecular complexity index is 681. The van der Waals surface area contributed by atoms with E-state index in [9.17, 15) is 19.8 Å². The molecule has 1 unspecified atom stereocenters. The molecular formula is C17H20N2O5. The Kier molecular flexibility index (Phi) is 4.71. The molecule has 1 atom stereocenters. The molecule has 24 heavy (non-hydrogen) atoms. The number of para-hydroxylation sites is 1. The number of rotatable bonds is 7. The van der Waals surface area contributed by atoms with Gasteiger partial charge in [-0.25, -0.2) is 4.79 Å². The van der Waals surface area contributed by atoms with Crippen LogP contribution >= 0.6 is 0 Å². The summed E-state index contributed by atoms with van der Waals surface area (Å²) in [5.74, 6) is -1.40. The normalized spacial score (nSPS) is 17.7. The highest BCUT2D eigenvalue weighted by Gasteiger charge is 2.28. The number of aliphatic hydroxyl groups is 1. The van der Waals surface area contributed by atoms with Crippen LogP contribution in [0.25, 0.3) is 5.76 Å². The molecule has 0 spiro atoms. The number of nitrogens with one attached hydrogen (secondary N) is 2. The summed E-state index contributed by atoms with van der Waals surface area (Å²) >= 11 is 0. The van der Waals surface area contributed by atoms with Gasteiger partial charge in [-0.3, -0.25) is 4.79 Å². The van der Waals surface area contributed by atoms with Crippen LogP contribution in [0.4, 0.5) is 5.69 Å². The van der Waals surface area contributed by atoms with Gasteiger partial charge in [-0.05, 0) is 30.9 Å².